The summed E-state index contributed by atoms with van der Waals surface area (Å²) in [7, 11) is 0. The van der Waals surface area contributed by atoms with Crippen LogP contribution >= 0.6 is 11.3 Å². The van der Waals surface area contributed by atoms with Crippen molar-refractivity contribution >= 4 is 58.6 Å². The van der Waals surface area contributed by atoms with Gasteiger partial charge in [-0.3, -0.25) is 0 Å². The van der Waals surface area contributed by atoms with Gasteiger partial charge < -0.3 is 0 Å². The first-order chi connectivity index (χ1) is 19.8. The number of fused-ring (bicyclic) bond motifs is 6. The molecule has 0 amide bonds. The molecule has 9 rings (SSSR count). The number of rotatable bonds is 3. The van der Waals surface area contributed by atoms with Gasteiger partial charge in [-0.05, 0) is 91.4 Å². The Morgan fingerprint density at radius 3 is 2.10 bits per heavy atom. The summed E-state index contributed by atoms with van der Waals surface area (Å²) in [5.74, 6) is 1.43. The van der Waals surface area contributed by atoms with Crippen LogP contribution in [0.5, 0.6) is 0 Å². The zero-order valence-corrected chi connectivity index (χ0v) is 22.8. The first kappa shape index (κ1) is 22.4. The topological polar surface area (TPSA) is 0 Å². The average Bonchev–Trinajstić information content (AvgIpc) is 3.69. The highest BCUT2D eigenvalue weighted by atomic mass is 32.1. The average molecular weight is 527 g/mol. The van der Waals surface area contributed by atoms with Gasteiger partial charge in [-0.15, -0.1) is 11.3 Å². The summed E-state index contributed by atoms with van der Waals surface area (Å²) in [5, 5.41) is 8.02. The molecule has 2 atom stereocenters. The Labute approximate surface area is 237 Å². The van der Waals surface area contributed by atoms with Crippen LogP contribution in [0.25, 0.3) is 69.5 Å². The first-order valence-corrected chi connectivity index (χ1v) is 15.0. The lowest BCUT2D eigenvalue weighted by atomic mass is 9.83. The minimum absolute atomic E-state index is 0.691. The van der Waals surface area contributed by atoms with E-state index in [1.165, 1.54) is 81.5 Å². The van der Waals surface area contributed by atoms with Gasteiger partial charge in [0.05, 0.1) is 0 Å². The first-order valence-electron chi connectivity index (χ1n) is 14.2. The third-order valence-corrected chi connectivity index (χ3v) is 10.0. The van der Waals surface area contributed by atoms with Crippen molar-refractivity contribution in [2.45, 2.75) is 6.42 Å². The smallest absolute Gasteiger partial charge is 0.0361 e. The number of hydrogen-bond donors (Lipinski definition) is 0. The van der Waals surface area contributed by atoms with Crippen LogP contribution < -0.4 is 0 Å². The molecule has 0 N–H and O–H groups in total. The zero-order chi connectivity index (χ0) is 26.2. The molecule has 0 nitrogen and oxygen atoms in total. The predicted octanol–water partition coefficient (Wildman–Crippen LogP) is 11.3. The molecular formula is C39H26S. The van der Waals surface area contributed by atoms with Crippen LogP contribution in [0.15, 0.2) is 133 Å². The third kappa shape index (κ3) is 3.31. The van der Waals surface area contributed by atoms with Crippen molar-refractivity contribution in [1.82, 2.24) is 0 Å². The maximum atomic E-state index is 2.54. The number of benzene rings is 6. The van der Waals surface area contributed by atoms with E-state index in [4.69, 9.17) is 0 Å². The van der Waals surface area contributed by atoms with E-state index in [9.17, 15) is 0 Å². The standard InChI is InChI=1S/C39H26S/c1-2-9-24(10-3-1)37-30-11-4-5-12-31(30)38(27-18-17-25-21-28(25)22-27)34-23-26(19-20-32(34)37)29-14-8-16-36-39(29)33-13-6-7-15-35(33)40-36/h1-20,22-23,25,28H,21H2. The fourth-order valence-electron chi connectivity index (χ4n) is 6.92. The van der Waals surface area contributed by atoms with Gasteiger partial charge >= 0.3 is 0 Å². The molecule has 2 aliphatic carbocycles. The fraction of sp³-hybridized carbons (Fsp3) is 0.0769. The molecule has 0 aliphatic heterocycles. The Bertz CT molecular complexity index is 2190. The second-order valence-corrected chi connectivity index (χ2v) is 12.3. The van der Waals surface area contributed by atoms with Gasteiger partial charge in [-0.1, -0.05) is 115 Å². The molecule has 2 aliphatic rings. The normalized spacial score (nSPS) is 17.9. The van der Waals surface area contributed by atoms with Crippen LogP contribution in [-0.2, 0) is 0 Å². The highest BCUT2D eigenvalue weighted by molar-refractivity contribution is 7.25. The second kappa shape index (κ2) is 8.52. The van der Waals surface area contributed by atoms with Crippen LogP contribution in [0.3, 0.4) is 0 Å². The predicted molar refractivity (Wildman–Crippen MR) is 174 cm³/mol. The lowest BCUT2D eigenvalue weighted by Crippen LogP contribution is -1.95. The number of thiophene rings is 1. The van der Waals surface area contributed by atoms with E-state index in [2.05, 4.69) is 133 Å². The lowest BCUT2D eigenvalue weighted by molar-refractivity contribution is 0.985. The zero-order valence-electron chi connectivity index (χ0n) is 22.0. The molecule has 1 heterocycles. The molecular weight excluding hydrogens is 500 g/mol. The van der Waals surface area contributed by atoms with Gasteiger partial charge in [-0.25, -0.2) is 0 Å². The van der Waals surface area contributed by atoms with Crippen molar-refractivity contribution in [2.75, 3.05) is 0 Å². The molecule has 2 unspecified atom stereocenters. The summed E-state index contributed by atoms with van der Waals surface area (Å²) in [6.07, 6.45) is 8.65. The number of allylic oxidation sites excluding steroid dienone is 4. The van der Waals surface area contributed by atoms with Crippen molar-refractivity contribution < 1.29 is 0 Å². The Morgan fingerprint density at radius 1 is 0.525 bits per heavy atom. The summed E-state index contributed by atoms with van der Waals surface area (Å²) in [4.78, 5) is 0. The molecule has 40 heavy (non-hydrogen) atoms. The van der Waals surface area contributed by atoms with E-state index in [1.807, 2.05) is 11.3 Å². The molecule has 1 aromatic heterocycles. The van der Waals surface area contributed by atoms with Gasteiger partial charge in [0.2, 0.25) is 0 Å². The minimum Gasteiger partial charge on any atom is -0.135 e. The van der Waals surface area contributed by atoms with Gasteiger partial charge in [0.15, 0.2) is 0 Å². The van der Waals surface area contributed by atoms with Crippen molar-refractivity contribution in [3.8, 4) is 22.3 Å². The van der Waals surface area contributed by atoms with Crippen LogP contribution in [-0.4, -0.2) is 0 Å². The summed E-state index contributed by atoms with van der Waals surface area (Å²) in [6, 6.07) is 42.7. The van der Waals surface area contributed by atoms with E-state index in [1.54, 1.807) is 0 Å². The van der Waals surface area contributed by atoms with Crippen molar-refractivity contribution in [2.24, 2.45) is 11.8 Å². The quantitative estimate of drug-likeness (QED) is 0.201. The second-order valence-electron chi connectivity index (χ2n) is 11.2. The van der Waals surface area contributed by atoms with Gasteiger partial charge in [-0.2, -0.15) is 0 Å². The van der Waals surface area contributed by atoms with E-state index in [0.717, 1.165) is 5.92 Å². The molecule has 7 aromatic rings. The van der Waals surface area contributed by atoms with Gasteiger partial charge in [0.25, 0.3) is 0 Å². The molecule has 1 heteroatoms. The largest absolute Gasteiger partial charge is 0.135 e. The van der Waals surface area contributed by atoms with Crippen LogP contribution in [0, 0.1) is 11.8 Å². The summed E-state index contributed by atoms with van der Waals surface area (Å²) < 4.78 is 2.69. The van der Waals surface area contributed by atoms with Crippen LogP contribution in [0.4, 0.5) is 0 Å². The Morgan fingerprint density at radius 2 is 1.25 bits per heavy atom. The molecule has 0 saturated heterocycles. The maximum Gasteiger partial charge on any atom is 0.0361 e. The molecule has 1 saturated carbocycles. The maximum absolute atomic E-state index is 2.54. The highest BCUT2D eigenvalue weighted by Crippen LogP contribution is 2.50. The molecule has 0 bridgehead atoms. The molecule has 0 spiro atoms. The summed E-state index contributed by atoms with van der Waals surface area (Å²) in [6.45, 7) is 0. The van der Waals surface area contributed by atoms with Crippen LogP contribution in [0.1, 0.15) is 12.0 Å². The Kier molecular flexibility index (Phi) is 4.76. The monoisotopic (exact) mass is 526 g/mol. The Balaban J connectivity index is 1.41. The SMILES string of the molecule is C1=CC2CC2C=C1c1c2ccccc2c(-c2ccccc2)c2ccc(-c3cccc4sc5ccccc5c34)cc12. The van der Waals surface area contributed by atoms with E-state index in [0.29, 0.717) is 5.92 Å². The minimum atomic E-state index is 0.691. The van der Waals surface area contributed by atoms with Crippen molar-refractivity contribution in [3.05, 3.63) is 139 Å². The van der Waals surface area contributed by atoms with Crippen molar-refractivity contribution in [3.63, 3.8) is 0 Å². The summed E-state index contributed by atoms with van der Waals surface area (Å²) in [5.41, 5.74) is 7.93. The Hall–Kier alpha value is -4.46. The summed E-state index contributed by atoms with van der Waals surface area (Å²) >= 11 is 1.89. The molecule has 0 radical (unpaired) electrons. The lowest BCUT2D eigenvalue weighted by Gasteiger charge is -2.20. The van der Waals surface area contributed by atoms with E-state index >= 15 is 0 Å². The van der Waals surface area contributed by atoms with E-state index in [-0.39, 0.29) is 0 Å². The van der Waals surface area contributed by atoms with Gasteiger partial charge in [0.1, 0.15) is 0 Å². The highest BCUT2D eigenvalue weighted by Gasteiger charge is 2.35. The fourth-order valence-corrected chi connectivity index (χ4v) is 8.05. The molecule has 6 aromatic carbocycles. The molecule has 188 valence electrons. The number of hydrogen-bond acceptors (Lipinski definition) is 1. The van der Waals surface area contributed by atoms with Crippen LogP contribution in [0.2, 0.25) is 0 Å². The third-order valence-electron chi connectivity index (χ3n) is 8.90. The van der Waals surface area contributed by atoms with E-state index < -0.39 is 0 Å². The van der Waals surface area contributed by atoms with Crippen molar-refractivity contribution in [1.29, 1.82) is 0 Å². The molecule has 1 fully saturated rings. The van der Waals surface area contributed by atoms with Gasteiger partial charge in [0, 0.05) is 20.2 Å².